The molecule has 0 spiro atoms. The molecule has 2 aromatic rings. The first-order valence-corrected chi connectivity index (χ1v) is 8.20. The minimum atomic E-state index is -0.233. The summed E-state index contributed by atoms with van der Waals surface area (Å²) in [7, 11) is 0. The highest BCUT2D eigenvalue weighted by molar-refractivity contribution is 9.10. The third kappa shape index (κ3) is 5.87. The lowest BCUT2D eigenvalue weighted by Gasteiger charge is -2.09. The van der Waals surface area contributed by atoms with Crippen LogP contribution in [0.3, 0.4) is 0 Å². The highest BCUT2D eigenvalue weighted by atomic mass is 79.9. The highest BCUT2D eigenvalue weighted by Gasteiger charge is 2.08. The van der Waals surface area contributed by atoms with Crippen LogP contribution in [0.1, 0.15) is 17.5 Å². The third-order valence-electron chi connectivity index (χ3n) is 3.39. The largest absolute Gasteiger partial charge is 0.347 e. The Hall–Kier alpha value is -2.14. The van der Waals surface area contributed by atoms with E-state index < -0.39 is 0 Å². The molecule has 0 aliphatic heterocycles. The van der Waals surface area contributed by atoms with Crippen molar-refractivity contribution in [3.05, 3.63) is 64.1 Å². The van der Waals surface area contributed by atoms with Crippen molar-refractivity contribution >= 4 is 33.4 Å². The number of hydrogen-bond donors (Lipinski definition) is 2. The van der Waals surface area contributed by atoms with Gasteiger partial charge in [0.25, 0.3) is 0 Å². The molecule has 0 heterocycles. The molecule has 0 bridgehead atoms. The van der Waals surface area contributed by atoms with E-state index in [1.165, 1.54) is 0 Å². The number of carbonyl (C=O) groups is 2. The minimum Gasteiger partial charge on any atom is -0.347 e. The quantitative estimate of drug-likeness (QED) is 0.813. The topological polar surface area (TPSA) is 58.2 Å². The first-order chi connectivity index (χ1) is 11.0. The highest BCUT2D eigenvalue weighted by Crippen LogP contribution is 2.19. The summed E-state index contributed by atoms with van der Waals surface area (Å²) in [6.45, 7) is 1.89. The van der Waals surface area contributed by atoms with Gasteiger partial charge in [0.05, 0.1) is 6.54 Å². The van der Waals surface area contributed by atoms with Crippen LogP contribution in [0.4, 0.5) is 5.69 Å². The van der Waals surface area contributed by atoms with Crippen molar-refractivity contribution in [2.24, 2.45) is 0 Å². The van der Waals surface area contributed by atoms with Gasteiger partial charge in [-0.05, 0) is 42.7 Å². The Morgan fingerprint density at radius 1 is 1.04 bits per heavy atom. The number of carbonyl (C=O) groups excluding carboxylic acids is 2. The summed E-state index contributed by atoms with van der Waals surface area (Å²) in [6, 6.07) is 15.4. The zero-order valence-electron chi connectivity index (χ0n) is 12.9. The van der Waals surface area contributed by atoms with Crippen LogP contribution >= 0.6 is 15.9 Å². The summed E-state index contributed by atoms with van der Waals surface area (Å²) in [5.74, 6) is -0.361. The average molecular weight is 375 g/mol. The Labute approximate surface area is 144 Å². The van der Waals surface area contributed by atoms with Crippen LogP contribution in [-0.2, 0) is 16.0 Å². The molecular formula is C18H19BrN2O2. The summed E-state index contributed by atoms with van der Waals surface area (Å²) in [5, 5.41) is 5.44. The van der Waals surface area contributed by atoms with Crippen molar-refractivity contribution in [2.75, 3.05) is 11.9 Å². The molecule has 0 fully saturated rings. The van der Waals surface area contributed by atoms with Gasteiger partial charge in [-0.25, -0.2) is 0 Å². The van der Waals surface area contributed by atoms with Gasteiger partial charge in [-0.15, -0.1) is 0 Å². The molecule has 0 radical (unpaired) electrons. The van der Waals surface area contributed by atoms with Gasteiger partial charge in [0.1, 0.15) is 0 Å². The number of anilines is 1. The zero-order valence-corrected chi connectivity index (χ0v) is 14.5. The number of nitrogens with one attached hydrogen (secondary N) is 2. The van der Waals surface area contributed by atoms with Crippen molar-refractivity contribution in [1.82, 2.24) is 5.32 Å². The fourth-order valence-electron chi connectivity index (χ4n) is 2.13. The Kier molecular flexibility index (Phi) is 6.35. The molecule has 0 saturated carbocycles. The lowest BCUT2D eigenvalue weighted by atomic mass is 10.1. The SMILES string of the molecule is Cc1cc(Br)ccc1NC(=O)CNC(=O)CCc1ccccc1. The Morgan fingerprint density at radius 3 is 2.48 bits per heavy atom. The summed E-state index contributed by atoms with van der Waals surface area (Å²) in [6.07, 6.45) is 1.04. The van der Waals surface area contributed by atoms with E-state index in [9.17, 15) is 9.59 Å². The molecule has 2 amide bonds. The smallest absolute Gasteiger partial charge is 0.243 e. The van der Waals surface area contributed by atoms with Gasteiger partial charge in [0, 0.05) is 16.6 Å². The lowest BCUT2D eigenvalue weighted by Crippen LogP contribution is -2.33. The van der Waals surface area contributed by atoms with Crippen molar-refractivity contribution in [3.63, 3.8) is 0 Å². The molecule has 4 nitrogen and oxygen atoms in total. The van der Waals surface area contributed by atoms with Crippen LogP contribution in [0.15, 0.2) is 53.0 Å². The maximum Gasteiger partial charge on any atom is 0.243 e. The maximum atomic E-state index is 11.9. The van der Waals surface area contributed by atoms with Crippen LogP contribution < -0.4 is 10.6 Å². The molecular weight excluding hydrogens is 356 g/mol. The van der Waals surface area contributed by atoms with E-state index in [1.54, 1.807) is 0 Å². The van der Waals surface area contributed by atoms with Gasteiger partial charge in [-0.3, -0.25) is 9.59 Å². The number of amides is 2. The fraction of sp³-hybridized carbons (Fsp3) is 0.222. The van der Waals surface area contributed by atoms with Crippen LogP contribution in [-0.4, -0.2) is 18.4 Å². The molecule has 0 atom stereocenters. The van der Waals surface area contributed by atoms with Crippen molar-refractivity contribution < 1.29 is 9.59 Å². The van der Waals surface area contributed by atoms with E-state index in [-0.39, 0.29) is 18.4 Å². The van der Waals surface area contributed by atoms with E-state index in [0.717, 1.165) is 21.3 Å². The monoisotopic (exact) mass is 374 g/mol. The first kappa shape index (κ1) is 17.2. The Morgan fingerprint density at radius 2 is 1.78 bits per heavy atom. The predicted octanol–water partition coefficient (Wildman–Crippen LogP) is 3.45. The number of halogens is 1. The second-order valence-electron chi connectivity index (χ2n) is 5.27. The molecule has 0 aliphatic carbocycles. The molecule has 2 aromatic carbocycles. The predicted molar refractivity (Wildman–Crippen MR) is 95.3 cm³/mol. The molecule has 0 saturated heterocycles. The first-order valence-electron chi connectivity index (χ1n) is 7.41. The molecule has 2 N–H and O–H groups in total. The Balaban J connectivity index is 1.74. The normalized spacial score (nSPS) is 10.2. The van der Waals surface area contributed by atoms with Crippen LogP contribution in [0.5, 0.6) is 0 Å². The van der Waals surface area contributed by atoms with Gasteiger partial charge in [0.2, 0.25) is 11.8 Å². The van der Waals surface area contributed by atoms with E-state index in [4.69, 9.17) is 0 Å². The maximum absolute atomic E-state index is 11.9. The zero-order chi connectivity index (χ0) is 16.7. The van der Waals surface area contributed by atoms with Gasteiger partial charge < -0.3 is 10.6 Å². The number of rotatable bonds is 6. The van der Waals surface area contributed by atoms with Crippen molar-refractivity contribution in [1.29, 1.82) is 0 Å². The lowest BCUT2D eigenvalue weighted by molar-refractivity contribution is -0.124. The van der Waals surface area contributed by atoms with E-state index in [2.05, 4.69) is 26.6 Å². The molecule has 0 aromatic heterocycles. The van der Waals surface area contributed by atoms with Crippen molar-refractivity contribution in [2.45, 2.75) is 19.8 Å². The van der Waals surface area contributed by atoms with E-state index >= 15 is 0 Å². The molecule has 2 rings (SSSR count). The van der Waals surface area contributed by atoms with E-state index in [0.29, 0.717) is 12.8 Å². The minimum absolute atomic E-state index is 0.0247. The second-order valence-corrected chi connectivity index (χ2v) is 6.19. The van der Waals surface area contributed by atoms with Gasteiger partial charge in [-0.2, -0.15) is 0 Å². The summed E-state index contributed by atoms with van der Waals surface area (Å²) < 4.78 is 0.960. The molecule has 0 aliphatic rings. The molecule has 0 unspecified atom stereocenters. The summed E-state index contributed by atoms with van der Waals surface area (Å²) in [4.78, 5) is 23.7. The van der Waals surface area contributed by atoms with Crippen molar-refractivity contribution in [3.8, 4) is 0 Å². The molecule has 120 valence electrons. The Bertz CT molecular complexity index is 687. The number of benzene rings is 2. The second kappa shape index (κ2) is 8.48. The van der Waals surface area contributed by atoms with Crippen LogP contribution in [0.25, 0.3) is 0 Å². The third-order valence-corrected chi connectivity index (χ3v) is 3.89. The van der Waals surface area contributed by atoms with E-state index in [1.807, 2.05) is 55.5 Å². The molecule has 23 heavy (non-hydrogen) atoms. The van der Waals surface area contributed by atoms with Gasteiger partial charge in [-0.1, -0.05) is 46.3 Å². The molecule has 5 heteroatoms. The number of aryl methyl sites for hydroxylation is 2. The van der Waals surface area contributed by atoms with Crippen LogP contribution in [0, 0.1) is 6.92 Å². The summed E-state index contributed by atoms with van der Waals surface area (Å²) >= 11 is 3.38. The summed E-state index contributed by atoms with van der Waals surface area (Å²) in [5.41, 5.74) is 2.82. The number of hydrogen-bond acceptors (Lipinski definition) is 2. The van der Waals surface area contributed by atoms with Gasteiger partial charge in [0.15, 0.2) is 0 Å². The van der Waals surface area contributed by atoms with Crippen LogP contribution in [0.2, 0.25) is 0 Å². The van der Waals surface area contributed by atoms with Gasteiger partial charge >= 0.3 is 0 Å². The standard InChI is InChI=1S/C18H19BrN2O2/c1-13-11-15(19)8-9-16(13)21-18(23)12-20-17(22)10-7-14-5-3-2-4-6-14/h2-6,8-9,11H,7,10,12H2,1H3,(H,20,22)(H,21,23). The average Bonchev–Trinajstić information content (AvgIpc) is 2.54. The fourth-order valence-corrected chi connectivity index (χ4v) is 2.61.